The number of nitrogens with zero attached hydrogens (tertiary/aromatic N) is 1. The molecule has 0 unspecified atom stereocenters. The van der Waals surface area contributed by atoms with Crippen molar-refractivity contribution in [1.82, 2.24) is 10.2 Å². The number of aliphatic hydroxyl groups excluding tert-OH is 1. The Morgan fingerprint density at radius 2 is 1.51 bits per heavy atom. The van der Waals surface area contributed by atoms with Crippen molar-refractivity contribution in [3.05, 3.63) is 119 Å². The lowest BCUT2D eigenvalue weighted by Crippen LogP contribution is -2.70. The van der Waals surface area contributed by atoms with Crippen molar-refractivity contribution >= 4 is 29.5 Å². The topological polar surface area (TPSA) is 95.9 Å². The second-order valence-electron chi connectivity index (χ2n) is 8.83. The van der Waals surface area contributed by atoms with Gasteiger partial charge in [-0.15, -0.1) is 11.8 Å². The molecule has 2 N–H and O–H groups in total. The lowest BCUT2D eigenvalue weighted by atomic mass is 10.0. The van der Waals surface area contributed by atoms with E-state index in [0.29, 0.717) is 11.3 Å². The van der Waals surface area contributed by atoms with Crippen LogP contribution in [0.2, 0.25) is 0 Å². The van der Waals surface area contributed by atoms with Gasteiger partial charge in [-0.3, -0.25) is 14.5 Å². The van der Waals surface area contributed by atoms with Gasteiger partial charge in [0.25, 0.3) is 5.91 Å². The van der Waals surface area contributed by atoms with E-state index in [4.69, 9.17) is 4.74 Å². The number of ether oxygens (including phenoxy) is 1. The van der Waals surface area contributed by atoms with E-state index >= 15 is 0 Å². The van der Waals surface area contributed by atoms with Crippen molar-refractivity contribution in [2.45, 2.75) is 23.9 Å². The van der Waals surface area contributed by atoms with Crippen molar-refractivity contribution in [2.24, 2.45) is 0 Å². The van der Waals surface area contributed by atoms with Gasteiger partial charge in [0.1, 0.15) is 17.1 Å². The second kappa shape index (κ2) is 11.0. The van der Waals surface area contributed by atoms with Gasteiger partial charge in [-0.2, -0.15) is 0 Å². The third-order valence-corrected chi connectivity index (χ3v) is 7.72. The van der Waals surface area contributed by atoms with Crippen molar-refractivity contribution in [1.29, 1.82) is 0 Å². The summed E-state index contributed by atoms with van der Waals surface area (Å²) in [6.07, 6.45) is -0.530. The van der Waals surface area contributed by atoms with Gasteiger partial charge in [0.05, 0.1) is 13.0 Å². The minimum atomic E-state index is -0.747. The molecule has 7 nitrogen and oxygen atoms in total. The molecule has 0 saturated carbocycles. The second-order valence-corrected chi connectivity index (χ2v) is 9.94. The van der Waals surface area contributed by atoms with E-state index in [1.165, 1.54) is 16.7 Å². The molecule has 0 radical (unpaired) electrons. The summed E-state index contributed by atoms with van der Waals surface area (Å²) >= 11 is 1.40. The molecule has 5 rings (SSSR count). The highest BCUT2D eigenvalue weighted by Crippen LogP contribution is 2.41. The summed E-state index contributed by atoms with van der Waals surface area (Å²) in [5.41, 5.74) is 2.90. The monoisotopic (exact) mass is 514 g/mol. The van der Waals surface area contributed by atoms with Crippen LogP contribution in [0.3, 0.4) is 0 Å². The third-order valence-electron chi connectivity index (χ3n) is 6.38. The predicted molar refractivity (Wildman–Crippen MR) is 140 cm³/mol. The minimum Gasteiger partial charge on any atom is -0.448 e. The van der Waals surface area contributed by atoms with Crippen molar-refractivity contribution in [2.75, 3.05) is 12.4 Å². The number of carbonyl (C=O) groups is 3. The maximum Gasteiger partial charge on any atom is 0.356 e. The zero-order chi connectivity index (χ0) is 25.8. The molecule has 0 aliphatic carbocycles. The summed E-state index contributed by atoms with van der Waals surface area (Å²) in [5, 5.41) is 12.3. The number of hydrogen-bond donors (Lipinski definition) is 2. The number of amides is 2. The number of nitrogens with one attached hydrogen (secondary N) is 1. The maximum absolute atomic E-state index is 13.5. The maximum atomic E-state index is 13.5. The van der Waals surface area contributed by atoms with E-state index in [1.54, 1.807) is 0 Å². The number of carbonyl (C=O) groups excluding carboxylic acids is 3. The number of aliphatic hydroxyl groups is 1. The fourth-order valence-corrected chi connectivity index (χ4v) is 5.88. The molecule has 2 heterocycles. The smallest absolute Gasteiger partial charge is 0.356 e. The molecule has 2 atom stereocenters. The fraction of sp³-hybridized carbons (Fsp3) is 0.207. The molecule has 8 heteroatoms. The number of thioether (sulfide) groups is 1. The standard InChI is InChI=1S/C29H26N2O5S/c32-17-22-18-37-28-24(30-23(33)16-19-10-4-1-5-11-19)27(34)31(28)25(22)29(35)36-26(20-12-6-2-7-13-20)21-14-8-3-9-15-21/h1-15,24,26,28,32H,16-18H2,(H,30,33)/t24-,28+/m1/s1. The lowest BCUT2D eigenvalue weighted by Gasteiger charge is -2.49. The summed E-state index contributed by atoms with van der Waals surface area (Å²) in [5.74, 6) is -0.997. The first-order valence-electron chi connectivity index (χ1n) is 12.0. The zero-order valence-corrected chi connectivity index (χ0v) is 20.8. The Hall–Kier alpha value is -3.88. The molecule has 0 spiro atoms. The molecule has 2 amide bonds. The SMILES string of the molecule is O=C(Cc1ccccc1)N[C@@H]1C(=O)N2C(C(=O)OC(c3ccccc3)c3ccccc3)=C(CO)CS[C@@H]12. The molecule has 2 aliphatic rings. The van der Waals surface area contributed by atoms with Crippen LogP contribution in [-0.4, -0.2) is 51.6 Å². The molecule has 1 fully saturated rings. The first kappa shape index (κ1) is 24.8. The van der Waals surface area contributed by atoms with E-state index in [9.17, 15) is 19.5 Å². The van der Waals surface area contributed by atoms with Gasteiger partial charge in [0, 0.05) is 5.75 Å². The van der Waals surface area contributed by atoms with Crippen LogP contribution < -0.4 is 5.32 Å². The van der Waals surface area contributed by atoms with E-state index in [1.807, 2.05) is 91.0 Å². The molecule has 37 heavy (non-hydrogen) atoms. The fourth-order valence-electron chi connectivity index (χ4n) is 4.55. The quantitative estimate of drug-likeness (QED) is 0.354. The third kappa shape index (κ3) is 5.16. The van der Waals surface area contributed by atoms with Gasteiger partial charge in [-0.25, -0.2) is 4.79 Å². The van der Waals surface area contributed by atoms with Crippen LogP contribution in [0.5, 0.6) is 0 Å². The van der Waals surface area contributed by atoms with Crippen LogP contribution >= 0.6 is 11.8 Å². The first-order valence-corrected chi connectivity index (χ1v) is 13.0. The molecule has 3 aromatic rings. The molecule has 0 aromatic heterocycles. The van der Waals surface area contributed by atoms with Crippen LogP contribution in [0.1, 0.15) is 22.8 Å². The van der Waals surface area contributed by atoms with Crippen LogP contribution in [0.4, 0.5) is 0 Å². The van der Waals surface area contributed by atoms with E-state index < -0.39 is 29.4 Å². The number of fused-ring (bicyclic) bond motifs is 1. The van der Waals surface area contributed by atoms with Crippen LogP contribution in [0.15, 0.2) is 102 Å². The highest BCUT2D eigenvalue weighted by molar-refractivity contribution is 8.00. The van der Waals surface area contributed by atoms with Crippen LogP contribution in [-0.2, 0) is 25.5 Å². The van der Waals surface area contributed by atoms with Gasteiger partial charge in [-0.1, -0.05) is 91.0 Å². The number of benzene rings is 3. The van der Waals surface area contributed by atoms with Crippen molar-refractivity contribution < 1.29 is 24.2 Å². The average molecular weight is 515 g/mol. The minimum absolute atomic E-state index is 0.0571. The Labute approximate surface area is 219 Å². The summed E-state index contributed by atoms with van der Waals surface area (Å²) in [6, 6.07) is 27.3. The summed E-state index contributed by atoms with van der Waals surface area (Å²) in [6.45, 7) is -0.375. The lowest BCUT2D eigenvalue weighted by molar-refractivity contribution is -0.154. The average Bonchev–Trinajstić information content (AvgIpc) is 2.95. The largest absolute Gasteiger partial charge is 0.448 e. The molecular formula is C29H26N2O5S. The Morgan fingerprint density at radius 3 is 2.08 bits per heavy atom. The Bertz CT molecular complexity index is 1270. The van der Waals surface area contributed by atoms with Crippen molar-refractivity contribution in [3.63, 3.8) is 0 Å². The molecular weight excluding hydrogens is 488 g/mol. The van der Waals surface area contributed by atoms with E-state index in [2.05, 4.69) is 5.32 Å². The van der Waals surface area contributed by atoms with Crippen LogP contribution in [0, 0.1) is 0 Å². The molecule has 2 aliphatic heterocycles. The van der Waals surface area contributed by atoms with Gasteiger partial charge in [0.15, 0.2) is 6.10 Å². The van der Waals surface area contributed by atoms with E-state index in [0.717, 1.165) is 16.7 Å². The Morgan fingerprint density at radius 1 is 0.946 bits per heavy atom. The molecule has 188 valence electrons. The number of rotatable bonds is 8. The summed E-state index contributed by atoms with van der Waals surface area (Å²) in [7, 11) is 0. The van der Waals surface area contributed by atoms with Gasteiger partial charge in [0.2, 0.25) is 5.91 Å². The van der Waals surface area contributed by atoms with Gasteiger partial charge >= 0.3 is 5.97 Å². The van der Waals surface area contributed by atoms with Crippen molar-refractivity contribution in [3.8, 4) is 0 Å². The Balaban J connectivity index is 1.35. The number of β-lactam (4-membered cyclic amide) rings is 1. The highest BCUT2D eigenvalue weighted by atomic mass is 32.2. The number of esters is 1. The van der Waals surface area contributed by atoms with Gasteiger partial charge < -0.3 is 15.2 Å². The first-order chi connectivity index (χ1) is 18.1. The summed E-state index contributed by atoms with van der Waals surface area (Å²) < 4.78 is 5.99. The van der Waals surface area contributed by atoms with Crippen LogP contribution in [0.25, 0.3) is 0 Å². The molecule has 3 aromatic carbocycles. The van der Waals surface area contributed by atoms with Gasteiger partial charge in [-0.05, 0) is 22.3 Å². The van der Waals surface area contributed by atoms with E-state index in [-0.39, 0.29) is 24.6 Å². The normalized spacial score (nSPS) is 18.8. The summed E-state index contributed by atoms with van der Waals surface area (Å²) in [4.78, 5) is 40.7. The highest BCUT2D eigenvalue weighted by Gasteiger charge is 2.54. The molecule has 0 bridgehead atoms. The number of hydrogen-bond acceptors (Lipinski definition) is 6. The zero-order valence-electron chi connectivity index (χ0n) is 19.9. The molecule has 1 saturated heterocycles. The predicted octanol–water partition coefficient (Wildman–Crippen LogP) is 3.21. The Kier molecular flexibility index (Phi) is 7.39.